The molecule has 0 fully saturated rings. The summed E-state index contributed by atoms with van der Waals surface area (Å²) < 4.78 is 6.35. The first kappa shape index (κ1) is 28.6. The van der Waals surface area contributed by atoms with Gasteiger partial charge in [-0.15, -0.1) is 0 Å². The molecule has 0 radical (unpaired) electrons. The molecule has 0 saturated heterocycles. The number of hydrogen-bond acceptors (Lipinski definition) is 4. The van der Waals surface area contributed by atoms with Gasteiger partial charge in [-0.2, -0.15) is 0 Å². The third-order valence-corrected chi connectivity index (χ3v) is 8.98. The SMILES string of the molecule is c1ccc(-c2ccc(-c3ccc(-c4nc(-c5ccccc5)nc(-c5cccc6oc7ccc(-c8ccccc8)cc7c56)n4)cc3)cc2)cc1. The van der Waals surface area contributed by atoms with E-state index >= 15 is 0 Å². The number of aromatic nitrogens is 3. The fourth-order valence-electron chi connectivity index (χ4n) is 6.46. The summed E-state index contributed by atoms with van der Waals surface area (Å²) in [5, 5.41) is 2.01. The molecule has 0 atom stereocenters. The minimum Gasteiger partial charge on any atom is -0.456 e. The topological polar surface area (TPSA) is 51.8 Å². The number of hydrogen-bond donors (Lipinski definition) is 0. The maximum atomic E-state index is 6.35. The number of nitrogens with zero attached hydrogens (tertiary/aromatic N) is 3. The lowest BCUT2D eigenvalue weighted by Gasteiger charge is -2.10. The van der Waals surface area contributed by atoms with Crippen molar-refractivity contribution in [3.63, 3.8) is 0 Å². The van der Waals surface area contributed by atoms with Crippen molar-refractivity contribution in [1.82, 2.24) is 15.0 Å². The molecule has 4 heteroatoms. The minimum atomic E-state index is 0.600. The van der Waals surface area contributed by atoms with Gasteiger partial charge in [-0.1, -0.05) is 158 Å². The Hall–Kier alpha value is -6.65. The molecule has 0 bridgehead atoms. The maximum Gasteiger partial charge on any atom is 0.164 e. The first-order valence-electron chi connectivity index (χ1n) is 16.4. The molecule has 2 aromatic heterocycles. The summed E-state index contributed by atoms with van der Waals surface area (Å²) in [4.78, 5) is 15.1. The molecule has 0 unspecified atom stereocenters. The van der Waals surface area contributed by atoms with Gasteiger partial charge < -0.3 is 4.42 Å². The first-order valence-corrected chi connectivity index (χ1v) is 16.4. The molecule has 7 aromatic carbocycles. The van der Waals surface area contributed by atoms with Crippen LogP contribution in [0.4, 0.5) is 0 Å². The first-order chi connectivity index (χ1) is 24.3. The predicted molar refractivity (Wildman–Crippen MR) is 200 cm³/mol. The van der Waals surface area contributed by atoms with Crippen LogP contribution in [0.3, 0.4) is 0 Å². The van der Waals surface area contributed by atoms with E-state index in [1.54, 1.807) is 0 Å². The molecule has 9 aromatic rings. The average Bonchev–Trinajstić information content (AvgIpc) is 3.57. The van der Waals surface area contributed by atoms with Crippen LogP contribution < -0.4 is 0 Å². The largest absolute Gasteiger partial charge is 0.456 e. The monoisotopic (exact) mass is 627 g/mol. The maximum absolute atomic E-state index is 6.35. The van der Waals surface area contributed by atoms with Crippen LogP contribution in [0, 0.1) is 0 Å². The Morgan fingerprint density at radius 1 is 0.306 bits per heavy atom. The van der Waals surface area contributed by atoms with Crippen molar-refractivity contribution in [3.8, 4) is 67.5 Å². The third-order valence-electron chi connectivity index (χ3n) is 8.98. The second-order valence-electron chi connectivity index (χ2n) is 12.1. The molecular weight excluding hydrogens is 599 g/mol. The van der Waals surface area contributed by atoms with Gasteiger partial charge in [-0.25, -0.2) is 15.0 Å². The molecule has 2 heterocycles. The van der Waals surface area contributed by atoms with E-state index < -0.39 is 0 Å². The van der Waals surface area contributed by atoms with E-state index in [-0.39, 0.29) is 0 Å². The van der Waals surface area contributed by atoms with E-state index in [9.17, 15) is 0 Å². The van der Waals surface area contributed by atoms with Crippen LogP contribution in [0.15, 0.2) is 180 Å². The molecule has 0 aliphatic carbocycles. The standard InChI is InChI=1S/C45H29N3O/c1-4-11-30(12-5-1)32-19-21-33(22-20-32)34-23-25-36(26-24-34)44-46-43(35-15-8-3-9-16-35)47-45(48-44)38-17-10-18-41-42(38)39-29-37(27-28-40(39)49-41)31-13-6-2-7-14-31/h1-29H. The van der Waals surface area contributed by atoms with Gasteiger partial charge in [-0.05, 0) is 51.6 Å². The summed E-state index contributed by atoms with van der Waals surface area (Å²) in [6, 6.07) is 60.5. The molecule has 0 amide bonds. The van der Waals surface area contributed by atoms with Crippen LogP contribution in [-0.4, -0.2) is 15.0 Å². The van der Waals surface area contributed by atoms with E-state index in [1.165, 1.54) is 11.1 Å². The van der Waals surface area contributed by atoms with Gasteiger partial charge in [0.05, 0.1) is 0 Å². The highest BCUT2D eigenvalue weighted by molar-refractivity contribution is 6.12. The molecule has 0 aliphatic rings. The summed E-state index contributed by atoms with van der Waals surface area (Å²) in [7, 11) is 0. The number of benzene rings is 7. The highest BCUT2D eigenvalue weighted by Crippen LogP contribution is 2.38. The molecule has 0 spiro atoms. The molecule has 49 heavy (non-hydrogen) atoms. The van der Waals surface area contributed by atoms with E-state index in [1.807, 2.05) is 60.7 Å². The lowest BCUT2D eigenvalue weighted by Crippen LogP contribution is -2.00. The van der Waals surface area contributed by atoms with Crippen LogP contribution in [0.2, 0.25) is 0 Å². The van der Waals surface area contributed by atoms with Crippen LogP contribution in [0.1, 0.15) is 0 Å². The van der Waals surface area contributed by atoms with Crippen molar-refractivity contribution in [3.05, 3.63) is 176 Å². The second kappa shape index (κ2) is 12.2. The van der Waals surface area contributed by atoms with E-state index in [0.29, 0.717) is 17.5 Å². The van der Waals surface area contributed by atoms with Gasteiger partial charge in [0.25, 0.3) is 0 Å². The van der Waals surface area contributed by atoms with Crippen molar-refractivity contribution >= 4 is 21.9 Å². The molecule has 4 nitrogen and oxygen atoms in total. The molecule has 230 valence electrons. The Bertz CT molecular complexity index is 2560. The summed E-state index contributed by atoms with van der Waals surface area (Å²) >= 11 is 0. The predicted octanol–water partition coefficient (Wildman–Crippen LogP) is 11.8. The zero-order valence-electron chi connectivity index (χ0n) is 26.5. The van der Waals surface area contributed by atoms with Crippen LogP contribution >= 0.6 is 0 Å². The highest BCUT2D eigenvalue weighted by atomic mass is 16.3. The Morgan fingerprint density at radius 3 is 1.31 bits per heavy atom. The smallest absolute Gasteiger partial charge is 0.164 e. The Balaban J connectivity index is 1.15. The molecule has 0 N–H and O–H groups in total. The molecule has 0 aliphatic heterocycles. The van der Waals surface area contributed by atoms with Crippen molar-refractivity contribution < 1.29 is 4.42 Å². The van der Waals surface area contributed by atoms with Crippen LogP contribution in [0.5, 0.6) is 0 Å². The van der Waals surface area contributed by atoms with Crippen LogP contribution in [-0.2, 0) is 0 Å². The molecular formula is C45H29N3O. The van der Waals surface area contributed by atoms with Gasteiger partial charge in [-0.3, -0.25) is 0 Å². The minimum absolute atomic E-state index is 0.600. The normalized spacial score (nSPS) is 11.3. The Labute approximate surface area is 284 Å². The van der Waals surface area contributed by atoms with E-state index in [4.69, 9.17) is 19.4 Å². The quantitative estimate of drug-likeness (QED) is 0.184. The molecule has 0 saturated carbocycles. The lowest BCUT2D eigenvalue weighted by molar-refractivity contribution is 0.669. The van der Waals surface area contributed by atoms with Gasteiger partial charge in [0.15, 0.2) is 17.5 Å². The summed E-state index contributed by atoms with van der Waals surface area (Å²) in [5.74, 6) is 1.84. The number of fused-ring (bicyclic) bond motifs is 3. The zero-order valence-corrected chi connectivity index (χ0v) is 26.5. The van der Waals surface area contributed by atoms with Gasteiger partial charge in [0, 0.05) is 27.5 Å². The van der Waals surface area contributed by atoms with Gasteiger partial charge in [0.2, 0.25) is 0 Å². The van der Waals surface area contributed by atoms with E-state index in [0.717, 1.165) is 60.9 Å². The average molecular weight is 628 g/mol. The van der Waals surface area contributed by atoms with Crippen LogP contribution in [0.25, 0.3) is 89.5 Å². The Kier molecular flexibility index (Phi) is 7.10. The van der Waals surface area contributed by atoms with Gasteiger partial charge >= 0.3 is 0 Å². The highest BCUT2D eigenvalue weighted by Gasteiger charge is 2.18. The third kappa shape index (κ3) is 5.45. The van der Waals surface area contributed by atoms with Crippen molar-refractivity contribution in [1.29, 1.82) is 0 Å². The van der Waals surface area contributed by atoms with Gasteiger partial charge in [0.1, 0.15) is 11.2 Å². The summed E-state index contributed by atoms with van der Waals surface area (Å²) in [5.41, 5.74) is 11.3. The fraction of sp³-hybridized carbons (Fsp3) is 0. The summed E-state index contributed by atoms with van der Waals surface area (Å²) in [6.07, 6.45) is 0. The lowest BCUT2D eigenvalue weighted by atomic mass is 9.99. The number of furan rings is 1. The molecule has 9 rings (SSSR count). The van der Waals surface area contributed by atoms with Crippen molar-refractivity contribution in [2.45, 2.75) is 0 Å². The fourth-order valence-corrected chi connectivity index (χ4v) is 6.46. The van der Waals surface area contributed by atoms with Crippen molar-refractivity contribution in [2.24, 2.45) is 0 Å². The Morgan fingerprint density at radius 2 is 0.735 bits per heavy atom. The second-order valence-corrected chi connectivity index (χ2v) is 12.1. The van der Waals surface area contributed by atoms with E-state index in [2.05, 4.69) is 115 Å². The van der Waals surface area contributed by atoms with Crippen molar-refractivity contribution in [2.75, 3.05) is 0 Å². The zero-order chi connectivity index (χ0) is 32.6. The number of rotatable bonds is 6. The summed E-state index contributed by atoms with van der Waals surface area (Å²) in [6.45, 7) is 0.